The van der Waals surface area contributed by atoms with Crippen LogP contribution in [0.3, 0.4) is 0 Å². The van der Waals surface area contributed by atoms with Crippen LogP contribution in [0, 0.1) is 0 Å². The zero-order valence-corrected chi connectivity index (χ0v) is 13.4. The average molecular weight is 322 g/mol. The van der Waals surface area contributed by atoms with Gasteiger partial charge in [-0.25, -0.2) is 4.98 Å². The lowest BCUT2D eigenvalue weighted by Crippen LogP contribution is -2.14. The molecule has 0 amide bonds. The number of ketones is 1. The lowest BCUT2D eigenvalue weighted by Gasteiger charge is -2.20. The smallest absolute Gasteiger partial charge is 0.211 e. The highest BCUT2D eigenvalue weighted by Gasteiger charge is 2.23. The quantitative estimate of drug-likeness (QED) is 0.622. The van der Waals surface area contributed by atoms with E-state index >= 15 is 0 Å². The number of carbonyl (C=O) groups is 1. The van der Waals surface area contributed by atoms with Gasteiger partial charge in [0.15, 0.2) is 0 Å². The molecule has 4 rings (SSSR count). The van der Waals surface area contributed by atoms with Crippen LogP contribution in [0.25, 0.3) is 10.9 Å². The van der Waals surface area contributed by atoms with Gasteiger partial charge in [-0.2, -0.15) is 0 Å². The van der Waals surface area contributed by atoms with Gasteiger partial charge in [0.05, 0.1) is 5.52 Å². The molecule has 0 spiro atoms. The highest BCUT2D eigenvalue weighted by Crippen LogP contribution is 2.32. The predicted molar refractivity (Wildman–Crippen MR) is 93.3 cm³/mol. The molecule has 0 saturated heterocycles. The van der Waals surface area contributed by atoms with Gasteiger partial charge in [0.25, 0.3) is 0 Å². The molecule has 114 valence electrons. The Kier molecular flexibility index (Phi) is 3.62. The predicted octanol–water partition coefficient (Wildman–Crippen LogP) is 5.00. The van der Waals surface area contributed by atoms with E-state index < -0.39 is 0 Å². The van der Waals surface area contributed by atoms with Crippen LogP contribution in [0.2, 0.25) is 5.02 Å². The number of hydrogen-bond donors (Lipinski definition) is 0. The maximum absolute atomic E-state index is 12.9. The summed E-state index contributed by atoms with van der Waals surface area (Å²) in [5.74, 6) is 0.0144. The van der Waals surface area contributed by atoms with Crippen molar-refractivity contribution in [2.45, 2.75) is 25.7 Å². The molecule has 2 nitrogen and oxygen atoms in total. The first kappa shape index (κ1) is 14.4. The van der Waals surface area contributed by atoms with E-state index in [2.05, 4.69) is 0 Å². The molecule has 2 aromatic carbocycles. The molecule has 3 aromatic rings. The molecule has 1 heterocycles. The Balaban J connectivity index is 1.97. The lowest BCUT2D eigenvalue weighted by molar-refractivity contribution is 0.103. The van der Waals surface area contributed by atoms with Gasteiger partial charge < -0.3 is 0 Å². The summed E-state index contributed by atoms with van der Waals surface area (Å²) in [7, 11) is 0. The number of hydrogen-bond acceptors (Lipinski definition) is 2. The molecule has 0 N–H and O–H groups in total. The number of pyridine rings is 1. The molecule has 23 heavy (non-hydrogen) atoms. The van der Waals surface area contributed by atoms with Gasteiger partial charge in [0.2, 0.25) is 5.78 Å². The van der Waals surface area contributed by atoms with Crippen LogP contribution in [-0.2, 0) is 12.8 Å². The van der Waals surface area contributed by atoms with Gasteiger partial charge in [0, 0.05) is 16.0 Å². The number of benzene rings is 2. The van der Waals surface area contributed by atoms with Gasteiger partial charge in [0.1, 0.15) is 5.69 Å². The number of aryl methyl sites for hydroxylation is 1. The Morgan fingerprint density at radius 3 is 2.48 bits per heavy atom. The second-order valence-corrected chi connectivity index (χ2v) is 6.42. The van der Waals surface area contributed by atoms with Crippen molar-refractivity contribution in [1.82, 2.24) is 4.98 Å². The van der Waals surface area contributed by atoms with E-state index in [-0.39, 0.29) is 5.78 Å². The second kappa shape index (κ2) is 5.78. The first-order valence-electron chi connectivity index (χ1n) is 7.95. The second-order valence-electron chi connectivity index (χ2n) is 5.98. The Bertz CT molecular complexity index is 902. The molecule has 0 unspecified atom stereocenters. The molecule has 1 aliphatic rings. The summed E-state index contributed by atoms with van der Waals surface area (Å²) in [6.07, 6.45) is 4.16. The van der Waals surface area contributed by atoms with Crippen LogP contribution in [0.4, 0.5) is 0 Å². The van der Waals surface area contributed by atoms with Crippen LogP contribution in [0.5, 0.6) is 0 Å². The van der Waals surface area contributed by atoms with Crippen LogP contribution < -0.4 is 0 Å². The summed E-state index contributed by atoms with van der Waals surface area (Å²) in [5.41, 5.74) is 4.53. The minimum atomic E-state index is 0.0144. The minimum Gasteiger partial charge on any atom is -0.287 e. The summed E-state index contributed by atoms with van der Waals surface area (Å²) in [5, 5.41) is 1.81. The third-order valence-corrected chi connectivity index (χ3v) is 4.76. The lowest BCUT2D eigenvalue weighted by atomic mass is 9.86. The number of rotatable bonds is 2. The Labute approximate surface area is 140 Å². The summed E-state index contributed by atoms with van der Waals surface area (Å²) in [6.45, 7) is 0. The van der Waals surface area contributed by atoms with Crippen molar-refractivity contribution in [3.8, 4) is 0 Å². The molecule has 3 heteroatoms. The fourth-order valence-corrected chi connectivity index (χ4v) is 3.59. The highest BCUT2D eigenvalue weighted by molar-refractivity contribution is 6.31. The maximum atomic E-state index is 12.9. The molecule has 0 atom stereocenters. The zero-order chi connectivity index (χ0) is 15.8. The molecule has 1 aromatic heterocycles. The molecule has 1 aliphatic carbocycles. The third kappa shape index (κ3) is 2.53. The van der Waals surface area contributed by atoms with Crippen molar-refractivity contribution in [1.29, 1.82) is 0 Å². The third-order valence-electron chi connectivity index (χ3n) is 4.52. The van der Waals surface area contributed by atoms with E-state index in [1.165, 1.54) is 5.56 Å². The minimum absolute atomic E-state index is 0.0144. The topological polar surface area (TPSA) is 30.0 Å². The zero-order valence-electron chi connectivity index (χ0n) is 12.7. The van der Waals surface area contributed by atoms with Crippen molar-refractivity contribution in [2.24, 2.45) is 0 Å². The molecular formula is C20H16ClNO. The normalized spacial score (nSPS) is 13.8. The first-order valence-corrected chi connectivity index (χ1v) is 8.32. The Morgan fingerprint density at radius 1 is 0.957 bits per heavy atom. The Hall–Kier alpha value is -2.19. The molecule has 0 radical (unpaired) electrons. The number of halogens is 1. The fourth-order valence-electron chi connectivity index (χ4n) is 3.41. The summed E-state index contributed by atoms with van der Waals surface area (Å²) in [4.78, 5) is 17.6. The number of fused-ring (bicyclic) bond motifs is 3. The summed E-state index contributed by atoms with van der Waals surface area (Å²) in [6, 6.07) is 15.1. The SMILES string of the molecule is O=C(c1ccccc1)c1nc2ccc(Cl)cc2c2c1CCCC2. The van der Waals surface area contributed by atoms with E-state index in [4.69, 9.17) is 16.6 Å². The van der Waals surface area contributed by atoms with Crippen molar-refractivity contribution in [3.05, 3.63) is 75.9 Å². The standard InChI is InChI=1S/C20H16ClNO/c21-14-10-11-18-17(12-14)15-8-4-5-9-16(15)19(22-18)20(23)13-6-2-1-3-7-13/h1-3,6-7,10-12H,4-5,8-9H2. The molecule has 0 bridgehead atoms. The molecular weight excluding hydrogens is 306 g/mol. The van der Waals surface area contributed by atoms with Crippen LogP contribution >= 0.6 is 11.6 Å². The number of aromatic nitrogens is 1. The van der Waals surface area contributed by atoms with Crippen LogP contribution in [-0.4, -0.2) is 10.8 Å². The van der Waals surface area contributed by atoms with E-state index in [0.29, 0.717) is 16.3 Å². The average Bonchev–Trinajstić information content (AvgIpc) is 2.61. The number of nitrogens with zero attached hydrogens (tertiary/aromatic N) is 1. The van der Waals surface area contributed by atoms with E-state index in [0.717, 1.165) is 42.1 Å². The van der Waals surface area contributed by atoms with Crippen molar-refractivity contribution in [3.63, 3.8) is 0 Å². The van der Waals surface area contributed by atoms with Crippen molar-refractivity contribution < 1.29 is 4.79 Å². The van der Waals surface area contributed by atoms with Gasteiger partial charge in [-0.1, -0.05) is 41.9 Å². The fraction of sp³-hybridized carbons (Fsp3) is 0.200. The van der Waals surface area contributed by atoms with Crippen LogP contribution in [0.15, 0.2) is 48.5 Å². The van der Waals surface area contributed by atoms with Crippen molar-refractivity contribution >= 4 is 28.3 Å². The Morgan fingerprint density at radius 2 is 1.70 bits per heavy atom. The molecule has 0 saturated carbocycles. The maximum Gasteiger partial charge on any atom is 0.211 e. The first-order chi connectivity index (χ1) is 11.2. The van der Waals surface area contributed by atoms with E-state index in [1.54, 1.807) is 0 Å². The van der Waals surface area contributed by atoms with Crippen molar-refractivity contribution in [2.75, 3.05) is 0 Å². The van der Waals surface area contributed by atoms with Gasteiger partial charge in [-0.3, -0.25) is 4.79 Å². The van der Waals surface area contributed by atoms with Crippen LogP contribution in [0.1, 0.15) is 40.0 Å². The van der Waals surface area contributed by atoms with E-state index in [1.807, 2.05) is 48.5 Å². The van der Waals surface area contributed by atoms with E-state index in [9.17, 15) is 4.79 Å². The highest BCUT2D eigenvalue weighted by atomic mass is 35.5. The molecule has 0 aliphatic heterocycles. The summed E-state index contributed by atoms with van der Waals surface area (Å²) >= 11 is 6.16. The number of carbonyl (C=O) groups excluding carboxylic acids is 1. The van der Waals surface area contributed by atoms with Gasteiger partial charge in [-0.05, 0) is 55.0 Å². The molecule has 0 fully saturated rings. The largest absolute Gasteiger partial charge is 0.287 e. The van der Waals surface area contributed by atoms with Gasteiger partial charge in [-0.15, -0.1) is 0 Å². The monoisotopic (exact) mass is 321 g/mol. The van der Waals surface area contributed by atoms with Gasteiger partial charge >= 0.3 is 0 Å². The summed E-state index contributed by atoms with van der Waals surface area (Å²) < 4.78 is 0.